The first-order valence-electron chi connectivity index (χ1n) is 4.71. The Morgan fingerprint density at radius 2 is 1.94 bits per heavy atom. The quantitative estimate of drug-likeness (QED) is 0.890. The molecule has 0 aliphatic carbocycles. The third kappa shape index (κ3) is 2.25. The molecule has 1 heterocycles. The van der Waals surface area contributed by atoms with Gasteiger partial charge in [0.15, 0.2) is 0 Å². The summed E-state index contributed by atoms with van der Waals surface area (Å²) < 4.78 is 5.29. The molecule has 0 fully saturated rings. The van der Waals surface area contributed by atoms with E-state index in [1.165, 1.54) is 6.26 Å². The molecule has 2 rings (SSSR count). The molecule has 0 atom stereocenters. The van der Waals surface area contributed by atoms with E-state index < -0.39 is 5.97 Å². The van der Waals surface area contributed by atoms with Crippen LogP contribution in [-0.4, -0.2) is 11.1 Å². The van der Waals surface area contributed by atoms with E-state index in [1.807, 2.05) is 0 Å². The molecule has 1 aromatic heterocycles. The van der Waals surface area contributed by atoms with Crippen LogP contribution in [0.1, 0.15) is 5.56 Å². The third-order valence-corrected chi connectivity index (χ3v) is 2.45. The number of hydrogen-bond donors (Lipinski definition) is 1. The van der Waals surface area contributed by atoms with Gasteiger partial charge in [-0.15, -0.1) is 0 Å². The molecule has 0 saturated heterocycles. The van der Waals surface area contributed by atoms with Gasteiger partial charge in [0, 0.05) is 16.1 Å². The Morgan fingerprint density at radius 3 is 2.56 bits per heavy atom. The molecule has 0 unspecified atom stereocenters. The summed E-state index contributed by atoms with van der Waals surface area (Å²) in [4.78, 5) is 10.6. The first kappa shape index (κ1) is 10.8. The minimum absolute atomic E-state index is 0.0472. The van der Waals surface area contributed by atoms with Crippen molar-refractivity contribution in [3.05, 3.63) is 47.2 Å². The fourth-order valence-electron chi connectivity index (χ4n) is 1.49. The van der Waals surface area contributed by atoms with Crippen LogP contribution in [0.25, 0.3) is 11.3 Å². The van der Waals surface area contributed by atoms with Crippen molar-refractivity contribution in [2.24, 2.45) is 0 Å². The van der Waals surface area contributed by atoms with Crippen molar-refractivity contribution in [2.75, 3.05) is 0 Å². The summed E-state index contributed by atoms with van der Waals surface area (Å²) >= 11 is 5.77. The zero-order valence-electron chi connectivity index (χ0n) is 8.31. The van der Waals surface area contributed by atoms with Gasteiger partial charge in [-0.3, -0.25) is 4.79 Å². The number of rotatable bonds is 3. The lowest BCUT2D eigenvalue weighted by Gasteiger charge is -2.00. The molecule has 0 aliphatic rings. The van der Waals surface area contributed by atoms with Crippen molar-refractivity contribution < 1.29 is 14.3 Å². The van der Waals surface area contributed by atoms with Crippen LogP contribution in [0.2, 0.25) is 5.02 Å². The number of aliphatic carboxylic acids is 1. The highest BCUT2D eigenvalue weighted by molar-refractivity contribution is 6.30. The number of furan rings is 1. The van der Waals surface area contributed by atoms with Crippen LogP contribution in [0.15, 0.2) is 41.0 Å². The van der Waals surface area contributed by atoms with Gasteiger partial charge in [0.1, 0.15) is 5.76 Å². The zero-order valence-corrected chi connectivity index (χ0v) is 9.07. The van der Waals surface area contributed by atoms with Crippen LogP contribution in [0.4, 0.5) is 0 Å². The van der Waals surface area contributed by atoms with Crippen molar-refractivity contribution in [3.8, 4) is 11.3 Å². The molecule has 3 nitrogen and oxygen atoms in total. The van der Waals surface area contributed by atoms with Gasteiger partial charge in [-0.1, -0.05) is 11.6 Å². The van der Waals surface area contributed by atoms with Crippen LogP contribution in [0, 0.1) is 0 Å². The molecule has 0 aliphatic heterocycles. The van der Waals surface area contributed by atoms with Gasteiger partial charge in [-0.25, -0.2) is 0 Å². The Hall–Kier alpha value is -1.74. The Labute approximate surface area is 97.3 Å². The Balaban J connectivity index is 2.36. The van der Waals surface area contributed by atoms with Crippen molar-refractivity contribution in [2.45, 2.75) is 6.42 Å². The molecule has 82 valence electrons. The Kier molecular flexibility index (Phi) is 2.97. The molecule has 0 radical (unpaired) electrons. The highest BCUT2D eigenvalue weighted by Gasteiger charge is 2.11. The average Bonchev–Trinajstić information content (AvgIpc) is 2.66. The first-order valence-corrected chi connectivity index (χ1v) is 5.08. The molecular formula is C12H9ClO3. The van der Waals surface area contributed by atoms with Gasteiger partial charge in [-0.05, 0) is 30.3 Å². The summed E-state index contributed by atoms with van der Waals surface area (Å²) in [6, 6.07) is 8.74. The molecule has 2 aromatic rings. The zero-order chi connectivity index (χ0) is 11.5. The summed E-state index contributed by atoms with van der Waals surface area (Å²) in [6.45, 7) is 0. The van der Waals surface area contributed by atoms with Gasteiger partial charge in [0.2, 0.25) is 0 Å². The minimum atomic E-state index is -0.878. The molecule has 0 saturated carbocycles. The number of hydrogen-bond acceptors (Lipinski definition) is 2. The fraction of sp³-hybridized carbons (Fsp3) is 0.0833. The van der Waals surface area contributed by atoms with E-state index in [0.717, 1.165) is 5.56 Å². The second-order valence-electron chi connectivity index (χ2n) is 3.35. The minimum Gasteiger partial charge on any atom is -0.481 e. The maximum absolute atomic E-state index is 10.6. The van der Waals surface area contributed by atoms with Crippen molar-refractivity contribution in [1.82, 2.24) is 0 Å². The predicted molar refractivity (Wildman–Crippen MR) is 60.5 cm³/mol. The first-order chi connectivity index (χ1) is 7.66. The van der Waals surface area contributed by atoms with Crippen LogP contribution in [0.3, 0.4) is 0 Å². The van der Waals surface area contributed by atoms with Crippen molar-refractivity contribution in [1.29, 1.82) is 0 Å². The van der Waals surface area contributed by atoms with Crippen LogP contribution in [-0.2, 0) is 11.2 Å². The summed E-state index contributed by atoms with van der Waals surface area (Å²) in [5, 5.41) is 9.37. The molecule has 4 heteroatoms. The SMILES string of the molecule is O=C(O)Cc1ccoc1-c1ccc(Cl)cc1. The van der Waals surface area contributed by atoms with E-state index in [2.05, 4.69) is 0 Å². The smallest absolute Gasteiger partial charge is 0.307 e. The highest BCUT2D eigenvalue weighted by Crippen LogP contribution is 2.26. The maximum Gasteiger partial charge on any atom is 0.307 e. The van der Waals surface area contributed by atoms with E-state index in [0.29, 0.717) is 16.3 Å². The second kappa shape index (κ2) is 4.41. The lowest BCUT2D eigenvalue weighted by molar-refractivity contribution is -0.136. The molecule has 0 spiro atoms. The lowest BCUT2D eigenvalue weighted by atomic mass is 10.1. The summed E-state index contributed by atoms with van der Waals surface area (Å²) in [5.74, 6) is -0.296. The number of carbonyl (C=O) groups is 1. The molecule has 0 amide bonds. The maximum atomic E-state index is 10.6. The number of carboxylic acids is 1. The highest BCUT2D eigenvalue weighted by atomic mass is 35.5. The summed E-state index contributed by atoms with van der Waals surface area (Å²) in [5.41, 5.74) is 1.49. The van der Waals surface area contributed by atoms with Gasteiger partial charge >= 0.3 is 5.97 Å². The van der Waals surface area contributed by atoms with E-state index in [4.69, 9.17) is 21.1 Å². The largest absolute Gasteiger partial charge is 0.481 e. The van der Waals surface area contributed by atoms with Crippen molar-refractivity contribution in [3.63, 3.8) is 0 Å². The molecule has 1 aromatic carbocycles. The Morgan fingerprint density at radius 1 is 1.25 bits per heavy atom. The fourth-order valence-corrected chi connectivity index (χ4v) is 1.62. The number of carboxylic acid groups (broad SMARTS) is 1. The lowest BCUT2D eigenvalue weighted by Crippen LogP contribution is -1.99. The van der Waals surface area contributed by atoms with Gasteiger partial charge < -0.3 is 9.52 Å². The standard InChI is InChI=1S/C12H9ClO3/c13-10-3-1-8(2-4-10)12-9(5-6-16-12)7-11(14)15/h1-6H,7H2,(H,14,15). The molecule has 0 bridgehead atoms. The predicted octanol–water partition coefficient (Wildman–Crippen LogP) is 3.23. The Bertz CT molecular complexity index is 499. The van der Waals surface area contributed by atoms with E-state index in [1.54, 1.807) is 30.3 Å². The number of benzene rings is 1. The van der Waals surface area contributed by atoms with E-state index >= 15 is 0 Å². The van der Waals surface area contributed by atoms with Crippen LogP contribution < -0.4 is 0 Å². The number of halogens is 1. The van der Waals surface area contributed by atoms with Gasteiger partial charge in [-0.2, -0.15) is 0 Å². The van der Waals surface area contributed by atoms with Crippen LogP contribution in [0.5, 0.6) is 0 Å². The normalized spacial score (nSPS) is 10.3. The van der Waals surface area contributed by atoms with Gasteiger partial charge in [0.25, 0.3) is 0 Å². The average molecular weight is 237 g/mol. The van der Waals surface area contributed by atoms with E-state index in [-0.39, 0.29) is 6.42 Å². The molecular weight excluding hydrogens is 228 g/mol. The second-order valence-corrected chi connectivity index (χ2v) is 3.79. The molecule has 16 heavy (non-hydrogen) atoms. The van der Waals surface area contributed by atoms with E-state index in [9.17, 15) is 4.79 Å². The summed E-state index contributed by atoms with van der Waals surface area (Å²) in [7, 11) is 0. The third-order valence-electron chi connectivity index (χ3n) is 2.19. The summed E-state index contributed by atoms with van der Waals surface area (Å²) in [6.07, 6.45) is 1.44. The van der Waals surface area contributed by atoms with Crippen molar-refractivity contribution >= 4 is 17.6 Å². The molecule has 1 N–H and O–H groups in total. The topological polar surface area (TPSA) is 50.4 Å². The van der Waals surface area contributed by atoms with Gasteiger partial charge in [0.05, 0.1) is 12.7 Å². The van der Waals surface area contributed by atoms with Crippen LogP contribution >= 0.6 is 11.6 Å². The monoisotopic (exact) mass is 236 g/mol.